The highest BCUT2D eigenvalue weighted by Crippen LogP contribution is 2.29. The van der Waals surface area contributed by atoms with E-state index in [1.54, 1.807) is 11.0 Å². The number of allylic oxidation sites excluding steroid dienone is 1. The van der Waals surface area contributed by atoms with Crippen LogP contribution in [-0.2, 0) is 4.43 Å². The minimum Gasteiger partial charge on any atom is -0.546 e. The minimum absolute atomic E-state index is 0.0216. The van der Waals surface area contributed by atoms with Crippen molar-refractivity contribution in [3.63, 3.8) is 0 Å². The Bertz CT molecular complexity index is 358. The van der Waals surface area contributed by atoms with E-state index in [4.69, 9.17) is 4.43 Å². The average molecular weight is 239 g/mol. The molecule has 0 aliphatic heterocycles. The van der Waals surface area contributed by atoms with Crippen LogP contribution >= 0.6 is 0 Å². The Hall–Kier alpha value is -1.10. The molecule has 0 amide bonds. The second kappa shape index (κ2) is 4.41. The predicted molar refractivity (Wildman–Crippen MR) is 68.2 cm³/mol. The van der Waals surface area contributed by atoms with Gasteiger partial charge in [0.1, 0.15) is 18.4 Å². The van der Waals surface area contributed by atoms with Crippen LogP contribution in [-0.4, -0.2) is 23.1 Å². The topological polar surface area (TPSA) is 39.9 Å². The highest BCUT2D eigenvalue weighted by Gasteiger charge is 2.25. The van der Waals surface area contributed by atoms with Gasteiger partial charge in [0.05, 0.1) is 6.20 Å². The molecule has 0 fully saturated rings. The molecule has 1 aromatic heterocycles. The fraction of sp³-hybridized carbons (Fsp3) is 0.636. The summed E-state index contributed by atoms with van der Waals surface area (Å²) < 4.78 is 7.77. The van der Waals surface area contributed by atoms with Crippen LogP contribution in [0.25, 0.3) is 6.20 Å². The van der Waals surface area contributed by atoms with Crippen LogP contribution in [0.3, 0.4) is 0 Å². The van der Waals surface area contributed by atoms with E-state index < -0.39 is 8.32 Å². The molecule has 0 saturated heterocycles. The fourth-order valence-electron chi connectivity index (χ4n) is 1.11. The summed E-state index contributed by atoms with van der Waals surface area (Å²) in [4.78, 5) is 3.92. The molecule has 0 atom stereocenters. The number of hydrogen-bond acceptors (Lipinski definition) is 3. The average Bonchev–Trinajstić information content (AvgIpc) is 2.51. The van der Waals surface area contributed by atoms with E-state index in [-0.39, 0.29) is 5.41 Å². The van der Waals surface area contributed by atoms with Crippen LogP contribution in [0.1, 0.15) is 20.8 Å². The van der Waals surface area contributed by atoms with Crippen molar-refractivity contribution in [2.75, 3.05) is 0 Å². The highest BCUT2D eigenvalue weighted by atomic mass is 28.4. The Morgan fingerprint density at radius 3 is 2.31 bits per heavy atom. The lowest BCUT2D eigenvalue weighted by atomic mass is 9.94. The van der Waals surface area contributed by atoms with Gasteiger partial charge in [0, 0.05) is 5.41 Å². The van der Waals surface area contributed by atoms with Crippen molar-refractivity contribution >= 4 is 14.5 Å². The molecule has 0 aromatic carbocycles. The van der Waals surface area contributed by atoms with Gasteiger partial charge < -0.3 is 4.43 Å². The van der Waals surface area contributed by atoms with E-state index in [9.17, 15) is 0 Å². The van der Waals surface area contributed by atoms with E-state index in [1.807, 2.05) is 6.20 Å². The zero-order valence-electron chi connectivity index (χ0n) is 11.0. The Morgan fingerprint density at radius 1 is 1.31 bits per heavy atom. The molecule has 0 aliphatic rings. The molecule has 90 valence electrons. The third-order valence-electron chi connectivity index (χ3n) is 1.84. The van der Waals surface area contributed by atoms with Crippen molar-refractivity contribution in [1.82, 2.24) is 14.8 Å². The summed E-state index contributed by atoms with van der Waals surface area (Å²) in [5.41, 5.74) is -0.0216. The lowest BCUT2D eigenvalue weighted by molar-refractivity contribution is 0.292. The second-order valence-electron chi connectivity index (χ2n) is 5.83. The van der Waals surface area contributed by atoms with Gasteiger partial charge in [-0.15, -0.1) is 0 Å². The first kappa shape index (κ1) is 13.0. The van der Waals surface area contributed by atoms with Gasteiger partial charge in [-0.2, -0.15) is 5.10 Å². The van der Waals surface area contributed by atoms with Crippen LogP contribution < -0.4 is 0 Å². The maximum atomic E-state index is 6.09. The maximum absolute atomic E-state index is 6.09. The normalized spacial score (nSPS) is 14.0. The molecule has 0 spiro atoms. The van der Waals surface area contributed by atoms with Gasteiger partial charge in [-0.25, -0.2) is 9.67 Å². The van der Waals surface area contributed by atoms with E-state index in [1.165, 1.54) is 6.33 Å². The van der Waals surface area contributed by atoms with Gasteiger partial charge in [-0.1, -0.05) is 20.8 Å². The summed E-state index contributed by atoms with van der Waals surface area (Å²) in [7, 11) is -1.59. The third kappa shape index (κ3) is 4.18. The Kier molecular flexibility index (Phi) is 3.57. The molecule has 16 heavy (non-hydrogen) atoms. The SMILES string of the molecule is CC(C)(C)/C(=C/n1cncn1)O[Si](C)(C)C. The molecule has 1 aromatic rings. The molecule has 0 unspecified atom stereocenters. The summed E-state index contributed by atoms with van der Waals surface area (Å²) in [6, 6.07) is 0. The Labute approximate surface area is 98.5 Å². The molecule has 0 saturated carbocycles. The largest absolute Gasteiger partial charge is 0.546 e. The number of rotatable bonds is 3. The Morgan fingerprint density at radius 2 is 1.94 bits per heavy atom. The lowest BCUT2D eigenvalue weighted by Gasteiger charge is -2.30. The first-order chi connectivity index (χ1) is 7.18. The first-order valence-corrected chi connectivity index (χ1v) is 8.85. The van der Waals surface area contributed by atoms with Gasteiger partial charge in [0.25, 0.3) is 0 Å². The Balaban J connectivity index is 2.98. The molecule has 5 heteroatoms. The zero-order valence-corrected chi connectivity index (χ0v) is 12.0. The minimum atomic E-state index is -1.59. The number of aromatic nitrogens is 3. The summed E-state index contributed by atoms with van der Waals surface area (Å²) in [5, 5.41) is 4.06. The molecular weight excluding hydrogens is 218 g/mol. The molecule has 1 rings (SSSR count). The van der Waals surface area contributed by atoms with E-state index in [0.717, 1.165) is 5.76 Å². The van der Waals surface area contributed by atoms with Gasteiger partial charge in [0.15, 0.2) is 0 Å². The summed E-state index contributed by atoms with van der Waals surface area (Å²) in [6.07, 6.45) is 5.09. The smallest absolute Gasteiger partial charge is 0.241 e. The molecule has 0 aliphatic carbocycles. The van der Waals surface area contributed by atoms with Crippen molar-refractivity contribution in [3.05, 3.63) is 18.4 Å². The van der Waals surface area contributed by atoms with Crippen LogP contribution in [0.4, 0.5) is 0 Å². The van der Waals surface area contributed by atoms with Gasteiger partial charge >= 0.3 is 0 Å². The predicted octanol–water partition coefficient (Wildman–Crippen LogP) is 2.97. The number of nitrogens with zero attached hydrogens (tertiary/aromatic N) is 3. The van der Waals surface area contributed by atoms with Gasteiger partial charge in [-0.3, -0.25) is 0 Å². The van der Waals surface area contributed by atoms with E-state index in [2.05, 4.69) is 50.5 Å². The van der Waals surface area contributed by atoms with Crippen LogP contribution in [0.2, 0.25) is 19.6 Å². The standard InChI is InChI=1S/C11H21N3OSi/c1-11(2,3)10(15-16(4,5)6)7-14-9-12-8-13-14/h7-9H,1-6H3/b10-7-. The zero-order chi connectivity index (χ0) is 12.4. The van der Waals surface area contributed by atoms with Crippen molar-refractivity contribution in [2.24, 2.45) is 5.41 Å². The molecular formula is C11H21N3OSi. The van der Waals surface area contributed by atoms with Crippen molar-refractivity contribution in [1.29, 1.82) is 0 Å². The second-order valence-corrected chi connectivity index (χ2v) is 10.3. The summed E-state index contributed by atoms with van der Waals surface area (Å²) in [5.74, 6) is 0.956. The van der Waals surface area contributed by atoms with E-state index in [0.29, 0.717) is 0 Å². The fourth-order valence-corrected chi connectivity index (χ4v) is 2.13. The van der Waals surface area contributed by atoms with Crippen molar-refractivity contribution in [3.8, 4) is 0 Å². The number of hydrogen-bond donors (Lipinski definition) is 0. The maximum Gasteiger partial charge on any atom is 0.241 e. The van der Waals surface area contributed by atoms with Crippen molar-refractivity contribution in [2.45, 2.75) is 40.4 Å². The highest BCUT2D eigenvalue weighted by molar-refractivity contribution is 6.70. The van der Waals surface area contributed by atoms with Crippen LogP contribution in [0.15, 0.2) is 18.4 Å². The molecule has 1 heterocycles. The monoisotopic (exact) mass is 239 g/mol. The van der Waals surface area contributed by atoms with Crippen LogP contribution in [0.5, 0.6) is 0 Å². The molecule has 0 N–H and O–H groups in total. The van der Waals surface area contributed by atoms with Crippen LogP contribution in [0, 0.1) is 5.41 Å². The van der Waals surface area contributed by atoms with Gasteiger partial charge in [0.2, 0.25) is 8.32 Å². The van der Waals surface area contributed by atoms with E-state index >= 15 is 0 Å². The molecule has 0 bridgehead atoms. The quantitative estimate of drug-likeness (QED) is 0.601. The van der Waals surface area contributed by atoms with Crippen molar-refractivity contribution < 1.29 is 4.43 Å². The summed E-state index contributed by atoms with van der Waals surface area (Å²) >= 11 is 0. The summed E-state index contributed by atoms with van der Waals surface area (Å²) in [6.45, 7) is 12.9. The molecule has 4 nitrogen and oxygen atoms in total. The molecule has 0 radical (unpaired) electrons. The van der Waals surface area contributed by atoms with Gasteiger partial charge in [-0.05, 0) is 19.6 Å². The third-order valence-corrected chi connectivity index (χ3v) is 2.67. The lowest BCUT2D eigenvalue weighted by Crippen LogP contribution is -2.29. The first-order valence-electron chi connectivity index (χ1n) is 5.44.